The number of aromatic nitrogens is 3. The van der Waals surface area contributed by atoms with Gasteiger partial charge in [0.1, 0.15) is 18.1 Å². The quantitative estimate of drug-likeness (QED) is 0.313. The number of carbonyl (C=O) groups excluding carboxylic acids is 1. The Morgan fingerprint density at radius 2 is 1.74 bits per heavy atom. The normalized spacial score (nSPS) is 22.0. The van der Waals surface area contributed by atoms with Crippen LogP contribution in [0.1, 0.15) is 53.3 Å². The first-order valence-corrected chi connectivity index (χ1v) is 13.5. The van der Waals surface area contributed by atoms with E-state index >= 15 is 0 Å². The average Bonchev–Trinajstić information content (AvgIpc) is 3.25. The van der Waals surface area contributed by atoms with Crippen molar-refractivity contribution in [1.82, 2.24) is 20.1 Å². The predicted molar refractivity (Wildman–Crippen MR) is 151 cm³/mol. The number of hydrogen-bond acceptors (Lipinski definition) is 4. The lowest BCUT2D eigenvalue weighted by molar-refractivity contribution is -0.0197. The smallest absolute Gasteiger partial charge is 0.272 e. The molecule has 0 radical (unpaired) electrons. The Balaban J connectivity index is 0.981. The summed E-state index contributed by atoms with van der Waals surface area (Å²) in [5.74, 6) is 1.10. The molecule has 7 nitrogen and oxygen atoms in total. The van der Waals surface area contributed by atoms with Gasteiger partial charge in [-0.1, -0.05) is 48.5 Å². The third-order valence-electron chi connectivity index (χ3n) is 8.66. The molecule has 7 rings (SSSR count). The first-order valence-electron chi connectivity index (χ1n) is 13.5. The molecule has 2 saturated carbocycles. The first-order chi connectivity index (χ1) is 19.0. The van der Waals surface area contributed by atoms with Gasteiger partial charge in [0.25, 0.3) is 11.5 Å². The SMILES string of the molecule is Cn1c(C(=O)NC2CC3(C2)CC(c2n[nH]c(=O)c4ccccc24)C3)cc2cc(OCc3ccccc3)ccc21. The molecule has 196 valence electrons. The van der Waals surface area contributed by atoms with E-state index in [-0.39, 0.29) is 22.9 Å². The fraction of sp³-hybridized carbons (Fsp3) is 0.281. The lowest BCUT2D eigenvalue weighted by atomic mass is 9.49. The summed E-state index contributed by atoms with van der Waals surface area (Å²) in [5, 5.41) is 13.0. The molecule has 0 unspecified atom stereocenters. The van der Waals surface area contributed by atoms with Crippen LogP contribution in [0.4, 0.5) is 0 Å². The van der Waals surface area contributed by atoms with Crippen molar-refractivity contribution < 1.29 is 9.53 Å². The second-order valence-corrected chi connectivity index (χ2v) is 11.3. The molecule has 2 fully saturated rings. The molecule has 3 aromatic carbocycles. The van der Waals surface area contributed by atoms with Gasteiger partial charge in [-0.3, -0.25) is 9.59 Å². The fourth-order valence-corrected chi connectivity index (χ4v) is 6.68. The summed E-state index contributed by atoms with van der Waals surface area (Å²) in [4.78, 5) is 25.3. The summed E-state index contributed by atoms with van der Waals surface area (Å²) in [6.45, 7) is 0.505. The number of carbonyl (C=O) groups is 1. The number of fused-ring (bicyclic) bond motifs is 2. The van der Waals surface area contributed by atoms with E-state index in [2.05, 4.69) is 15.5 Å². The summed E-state index contributed by atoms with van der Waals surface area (Å²) < 4.78 is 7.93. The third-order valence-corrected chi connectivity index (χ3v) is 8.66. The number of aryl methyl sites for hydroxylation is 1. The Bertz CT molecular complexity index is 1760. The Labute approximate surface area is 225 Å². The van der Waals surface area contributed by atoms with E-state index in [9.17, 15) is 9.59 Å². The molecule has 2 aliphatic carbocycles. The van der Waals surface area contributed by atoms with Crippen molar-refractivity contribution in [2.45, 2.75) is 44.2 Å². The summed E-state index contributed by atoms with van der Waals surface area (Å²) in [6.07, 6.45) is 4.06. The summed E-state index contributed by atoms with van der Waals surface area (Å²) in [6, 6.07) is 25.9. The number of hydrogen-bond donors (Lipinski definition) is 2. The molecule has 0 bridgehead atoms. The Hall–Kier alpha value is -4.39. The van der Waals surface area contributed by atoms with Crippen LogP contribution < -0.4 is 15.6 Å². The zero-order chi connectivity index (χ0) is 26.6. The summed E-state index contributed by atoms with van der Waals surface area (Å²) >= 11 is 0. The van der Waals surface area contributed by atoms with Gasteiger partial charge < -0.3 is 14.6 Å². The Kier molecular flexibility index (Phi) is 5.54. The topological polar surface area (TPSA) is 89.0 Å². The number of H-pyrrole nitrogens is 1. The minimum Gasteiger partial charge on any atom is -0.489 e. The van der Waals surface area contributed by atoms with E-state index in [1.807, 2.05) is 90.5 Å². The maximum atomic E-state index is 13.2. The second kappa shape index (κ2) is 9.12. The molecule has 1 spiro atoms. The van der Waals surface area contributed by atoms with Crippen molar-refractivity contribution in [3.8, 4) is 5.75 Å². The molecule has 7 heteroatoms. The van der Waals surface area contributed by atoms with Gasteiger partial charge in [-0.2, -0.15) is 5.10 Å². The minimum absolute atomic E-state index is 0.0375. The summed E-state index contributed by atoms with van der Waals surface area (Å²) in [5.41, 5.74) is 3.89. The summed E-state index contributed by atoms with van der Waals surface area (Å²) in [7, 11) is 1.93. The lowest BCUT2D eigenvalue weighted by Gasteiger charge is -2.57. The van der Waals surface area contributed by atoms with Crippen LogP contribution >= 0.6 is 0 Å². The standard InChI is InChI=1S/C32H30N4O3/c1-36-27-12-11-24(39-19-20-7-3-2-4-8-20)13-21(27)14-28(36)31(38)33-23-17-32(18-23)15-22(16-32)29-25-9-5-6-10-26(25)30(37)35-34-29/h2-14,22-23H,15-19H2,1H3,(H,33,38)(H,35,37). The van der Waals surface area contributed by atoms with Crippen LogP contribution in [0.3, 0.4) is 0 Å². The molecular formula is C32H30N4O3. The number of amides is 1. The van der Waals surface area contributed by atoms with Gasteiger partial charge in [0.15, 0.2) is 0 Å². The second-order valence-electron chi connectivity index (χ2n) is 11.3. The van der Waals surface area contributed by atoms with Crippen molar-refractivity contribution in [2.24, 2.45) is 12.5 Å². The van der Waals surface area contributed by atoms with Crippen LogP contribution in [0.5, 0.6) is 5.75 Å². The molecule has 1 amide bonds. The van der Waals surface area contributed by atoms with E-state index in [0.717, 1.165) is 59.0 Å². The van der Waals surface area contributed by atoms with Crippen molar-refractivity contribution >= 4 is 27.6 Å². The van der Waals surface area contributed by atoms with Crippen LogP contribution in [0, 0.1) is 5.41 Å². The Morgan fingerprint density at radius 1 is 1.00 bits per heavy atom. The monoisotopic (exact) mass is 518 g/mol. The Morgan fingerprint density at radius 3 is 2.54 bits per heavy atom. The molecule has 39 heavy (non-hydrogen) atoms. The molecular weight excluding hydrogens is 488 g/mol. The number of nitrogens with zero attached hydrogens (tertiary/aromatic N) is 2. The fourth-order valence-electron chi connectivity index (χ4n) is 6.68. The molecule has 0 atom stereocenters. The molecule has 0 saturated heterocycles. The maximum absolute atomic E-state index is 13.2. The first kappa shape index (κ1) is 23.7. The van der Waals surface area contributed by atoms with Crippen molar-refractivity contribution in [3.05, 3.63) is 106 Å². The maximum Gasteiger partial charge on any atom is 0.272 e. The van der Waals surface area contributed by atoms with Crippen LogP contribution in [-0.4, -0.2) is 26.7 Å². The van der Waals surface area contributed by atoms with Gasteiger partial charge in [-0.25, -0.2) is 5.10 Å². The zero-order valence-electron chi connectivity index (χ0n) is 21.8. The van der Waals surface area contributed by atoms with Crippen molar-refractivity contribution in [3.63, 3.8) is 0 Å². The molecule has 2 aromatic heterocycles. The van der Waals surface area contributed by atoms with Gasteiger partial charge in [0.05, 0.1) is 11.1 Å². The van der Waals surface area contributed by atoms with Crippen LogP contribution in [0.15, 0.2) is 83.7 Å². The lowest BCUT2D eigenvalue weighted by Crippen LogP contribution is -2.55. The predicted octanol–water partition coefficient (Wildman–Crippen LogP) is 5.45. The average molecular weight is 519 g/mol. The van der Waals surface area contributed by atoms with Crippen molar-refractivity contribution in [2.75, 3.05) is 0 Å². The van der Waals surface area contributed by atoms with E-state index in [4.69, 9.17) is 4.74 Å². The van der Waals surface area contributed by atoms with Crippen molar-refractivity contribution in [1.29, 1.82) is 0 Å². The number of ether oxygens (including phenoxy) is 1. The molecule has 2 aliphatic rings. The van der Waals surface area contributed by atoms with Gasteiger partial charge >= 0.3 is 0 Å². The highest BCUT2D eigenvalue weighted by Crippen LogP contribution is 2.62. The van der Waals surface area contributed by atoms with Crippen LogP contribution in [0.25, 0.3) is 21.7 Å². The van der Waals surface area contributed by atoms with E-state index in [1.165, 1.54) is 0 Å². The number of rotatable bonds is 6. The van der Waals surface area contributed by atoms with Gasteiger partial charge in [0, 0.05) is 35.3 Å². The largest absolute Gasteiger partial charge is 0.489 e. The van der Waals surface area contributed by atoms with E-state index in [1.54, 1.807) is 0 Å². The minimum atomic E-state index is -0.140. The number of aromatic amines is 1. The van der Waals surface area contributed by atoms with Gasteiger partial charge in [0.2, 0.25) is 0 Å². The van der Waals surface area contributed by atoms with Crippen LogP contribution in [-0.2, 0) is 13.7 Å². The number of nitrogens with one attached hydrogen (secondary N) is 2. The molecule has 2 N–H and O–H groups in total. The van der Waals surface area contributed by atoms with E-state index in [0.29, 0.717) is 23.6 Å². The highest BCUT2D eigenvalue weighted by atomic mass is 16.5. The highest BCUT2D eigenvalue weighted by molar-refractivity contribution is 5.99. The molecule has 2 heterocycles. The van der Waals surface area contributed by atoms with E-state index < -0.39 is 0 Å². The molecule has 5 aromatic rings. The third kappa shape index (κ3) is 4.18. The van der Waals surface area contributed by atoms with Gasteiger partial charge in [-0.15, -0.1) is 0 Å². The zero-order valence-corrected chi connectivity index (χ0v) is 21.8. The van der Waals surface area contributed by atoms with Crippen LogP contribution in [0.2, 0.25) is 0 Å². The highest BCUT2D eigenvalue weighted by Gasteiger charge is 2.54. The van der Waals surface area contributed by atoms with Gasteiger partial charge in [-0.05, 0) is 67.0 Å². The number of benzene rings is 3. The molecule has 0 aliphatic heterocycles.